The van der Waals surface area contributed by atoms with Gasteiger partial charge in [-0.15, -0.1) is 0 Å². The van der Waals surface area contributed by atoms with E-state index in [1.165, 1.54) is 4.90 Å². The number of hydrogen-bond acceptors (Lipinski definition) is 2. The Morgan fingerprint density at radius 2 is 1.05 bits per heavy atom. The molecule has 7 aromatic rings. The molecule has 0 N–H and O–H groups in total. The molecule has 6 aromatic carbocycles. The predicted octanol–water partition coefficient (Wildman–Crippen LogP) is 8.98. The molecular weight excluding hydrogens is 516 g/mol. The van der Waals surface area contributed by atoms with E-state index in [0.717, 1.165) is 49.7 Å². The molecular formula is C38H24N2O2. The van der Waals surface area contributed by atoms with Gasteiger partial charge in [0.1, 0.15) is 0 Å². The van der Waals surface area contributed by atoms with Gasteiger partial charge in [-0.1, -0.05) is 91.0 Å². The average molecular weight is 541 g/mol. The van der Waals surface area contributed by atoms with Gasteiger partial charge in [0.05, 0.1) is 22.3 Å². The summed E-state index contributed by atoms with van der Waals surface area (Å²) in [6.45, 7) is 0. The molecule has 2 heterocycles. The smallest absolute Gasteiger partial charge is 0.304 e. The molecule has 42 heavy (non-hydrogen) atoms. The van der Waals surface area contributed by atoms with Crippen LogP contribution < -0.4 is 4.90 Å². The summed E-state index contributed by atoms with van der Waals surface area (Å²) in [5.41, 5.74) is 9.00. The van der Waals surface area contributed by atoms with Crippen molar-refractivity contribution in [1.29, 1.82) is 0 Å². The lowest BCUT2D eigenvalue weighted by Gasteiger charge is -2.18. The molecule has 0 saturated carbocycles. The van der Waals surface area contributed by atoms with Crippen molar-refractivity contribution in [3.8, 4) is 27.9 Å². The van der Waals surface area contributed by atoms with Crippen LogP contribution in [0.15, 0.2) is 146 Å². The Kier molecular flexibility index (Phi) is 5.41. The van der Waals surface area contributed by atoms with Crippen molar-refractivity contribution >= 4 is 44.9 Å². The zero-order chi connectivity index (χ0) is 28.2. The molecule has 0 radical (unpaired) electrons. The van der Waals surface area contributed by atoms with Crippen molar-refractivity contribution in [3.05, 3.63) is 151 Å². The second-order valence-electron chi connectivity index (χ2n) is 10.5. The Balaban J connectivity index is 1.22. The summed E-state index contributed by atoms with van der Waals surface area (Å²) in [4.78, 5) is 28.1. The van der Waals surface area contributed by atoms with E-state index in [4.69, 9.17) is 0 Å². The molecule has 0 aliphatic carbocycles. The molecule has 0 spiro atoms. The fraction of sp³-hybridized carbons (Fsp3) is 0. The third-order valence-electron chi connectivity index (χ3n) is 8.11. The van der Waals surface area contributed by atoms with Crippen LogP contribution in [0.2, 0.25) is 0 Å². The Morgan fingerprint density at radius 3 is 1.88 bits per heavy atom. The lowest BCUT2D eigenvalue weighted by Crippen LogP contribution is -2.24. The number of amides is 1. The predicted molar refractivity (Wildman–Crippen MR) is 170 cm³/mol. The number of fused-ring (bicyclic) bond motifs is 4. The molecule has 1 aliphatic heterocycles. The number of anilines is 2. The van der Waals surface area contributed by atoms with Gasteiger partial charge in [0.25, 0.3) is 5.78 Å². The molecule has 0 fully saturated rings. The van der Waals surface area contributed by atoms with Crippen LogP contribution in [0.25, 0.3) is 49.7 Å². The van der Waals surface area contributed by atoms with E-state index in [1.807, 2.05) is 91.0 Å². The first kappa shape index (κ1) is 24.1. The van der Waals surface area contributed by atoms with E-state index < -0.39 is 11.7 Å². The summed E-state index contributed by atoms with van der Waals surface area (Å²) in [5.74, 6) is -1.02. The van der Waals surface area contributed by atoms with Crippen molar-refractivity contribution in [2.75, 3.05) is 4.90 Å². The highest BCUT2D eigenvalue weighted by Crippen LogP contribution is 2.40. The van der Waals surface area contributed by atoms with Crippen molar-refractivity contribution in [1.82, 2.24) is 4.57 Å². The summed E-state index contributed by atoms with van der Waals surface area (Å²) in [5, 5.41) is 2.30. The molecule has 0 saturated heterocycles. The quantitative estimate of drug-likeness (QED) is 0.209. The first-order valence-electron chi connectivity index (χ1n) is 13.9. The van der Waals surface area contributed by atoms with Crippen LogP contribution in [0.4, 0.5) is 11.4 Å². The summed E-state index contributed by atoms with van der Waals surface area (Å²) in [6, 6.07) is 48.7. The van der Waals surface area contributed by atoms with E-state index in [0.29, 0.717) is 16.9 Å². The van der Waals surface area contributed by atoms with Crippen LogP contribution in [0, 0.1) is 0 Å². The highest BCUT2D eigenvalue weighted by Gasteiger charge is 2.37. The van der Waals surface area contributed by atoms with Gasteiger partial charge in [-0.25, -0.2) is 0 Å². The number of Topliss-reactive ketones (excluding diaryl/α,β-unsaturated/α-hetero) is 1. The van der Waals surface area contributed by atoms with E-state index in [9.17, 15) is 9.59 Å². The second-order valence-corrected chi connectivity index (χ2v) is 10.5. The summed E-state index contributed by atoms with van der Waals surface area (Å²) in [7, 11) is 0. The minimum atomic E-state index is -0.534. The number of hydrogen-bond donors (Lipinski definition) is 0. The number of ketones is 1. The second kappa shape index (κ2) is 9.43. The van der Waals surface area contributed by atoms with Crippen LogP contribution in [-0.4, -0.2) is 16.3 Å². The van der Waals surface area contributed by atoms with E-state index in [1.54, 1.807) is 0 Å². The molecule has 4 heteroatoms. The molecule has 1 aliphatic rings. The number of para-hydroxylation sites is 2. The zero-order valence-corrected chi connectivity index (χ0v) is 22.6. The molecule has 8 rings (SSSR count). The average Bonchev–Trinajstić information content (AvgIpc) is 3.52. The van der Waals surface area contributed by atoms with Gasteiger partial charge in [-0.2, -0.15) is 0 Å². The number of carbonyl (C=O) groups is 2. The van der Waals surface area contributed by atoms with Crippen molar-refractivity contribution < 1.29 is 9.59 Å². The minimum absolute atomic E-state index is 0.425. The zero-order valence-electron chi connectivity index (χ0n) is 22.6. The number of rotatable bonds is 4. The van der Waals surface area contributed by atoms with Crippen LogP contribution in [0.1, 0.15) is 10.4 Å². The lowest BCUT2D eigenvalue weighted by atomic mass is 9.99. The maximum absolute atomic E-state index is 13.3. The molecule has 198 valence electrons. The fourth-order valence-corrected chi connectivity index (χ4v) is 6.14. The Bertz CT molecular complexity index is 2180. The molecule has 0 atom stereocenters. The number of nitrogens with zero attached hydrogens (tertiary/aromatic N) is 2. The Hall–Kier alpha value is -5.74. The van der Waals surface area contributed by atoms with Gasteiger partial charge in [0.15, 0.2) is 0 Å². The third-order valence-corrected chi connectivity index (χ3v) is 8.11. The third kappa shape index (κ3) is 3.70. The molecule has 1 amide bonds. The monoisotopic (exact) mass is 540 g/mol. The van der Waals surface area contributed by atoms with E-state index >= 15 is 0 Å². The van der Waals surface area contributed by atoms with Gasteiger partial charge in [-0.05, 0) is 76.9 Å². The summed E-state index contributed by atoms with van der Waals surface area (Å²) < 4.78 is 2.28. The molecule has 0 unspecified atom stereocenters. The van der Waals surface area contributed by atoms with E-state index in [2.05, 4.69) is 59.2 Å². The van der Waals surface area contributed by atoms with Gasteiger partial charge >= 0.3 is 5.91 Å². The minimum Gasteiger partial charge on any atom is -0.309 e. The Labute approximate surface area is 242 Å². The van der Waals surface area contributed by atoms with Gasteiger partial charge < -0.3 is 4.57 Å². The van der Waals surface area contributed by atoms with Crippen molar-refractivity contribution in [2.45, 2.75) is 0 Å². The first-order valence-corrected chi connectivity index (χ1v) is 13.9. The number of benzene rings is 6. The standard InChI is InChI=1S/C38H24N2O2/c41-37-33-24-28(19-21-36(33)40(38(37)42)30-15-9-12-26(22-30)25-10-3-1-4-11-25)27-18-20-35-32(23-27)31-16-7-8-17-34(31)39(35)29-13-5-2-6-14-29/h1-24H. The SMILES string of the molecule is O=C1C(=O)N(c2cccc(-c3ccccc3)c2)c2ccc(-c3ccc4c(c3)c3ccccc3n4-c3ccccc3)cc21. The first-order chi connectivity index (χ1) is 20.7. The molecule has 1 aromatic heterocycles. The van der Waals surface area contributed by atoms with Gasteiger partial charge in [0, 0.05) is 22.1 Å². The van der Waals surface area contributed by atoms with Crippen LogP contribution in [0.5, 0.6) is 0 Å². The molecule has 4 nitrogen and oxygen atoms in total. The van der Waals surface area contributed by atoms with Crippen molar-refractivity contribution in [3.63, 3.8) is 0 Å². The number of aromatic nitrogens is 1. The van der Waals surface area contributed by atoms with Gasteiger partial charge in [-0.3, -0.25) is 14.5 Å². The van der Waals surface area contributed by atoms with Crippen LogP contribution in [0.3, 0.4) is 0 Å². The lowest BCUT2D eigenvalue weighted by molar-refractivity contribution is -0.113. The highest BCUT2D eigenvalue weighted by atomic mass is 16.2. The summed E-state index contributed by atoms with van der Waals surface area (Å²) >= 11 is 0. The largest absolute Gasteiger partial charge is 0.309 e. The highest BCUT2D eigenvalue weighted by molar-refractivity contribution is 6.53. The number of carbonyl (C=O) groups excluding carboxylic acids is 2. The Morgan fingerprint density at radius 1 is 0.429 bits per heavy atom. The van der Waals surface area contributed by atoms with Crippen LogP contribution in [-0.2, 0) is 4.79 Å². The normalized spacial score (nSPS) is 12.8. The van der Waals surface area contributed by atoms with Gasteiger partial charge in [0.2, 0.25) is 0 Å². The summed E-state index contributed by atoms with van der Waals surface area (Å²) in [6.07, 6.45) is 0. The fourth-order valence-electron chi connectivity index (χ4n) is 6.14. The maximum atomic E-state index is 13.3. The van der Waals surface area contributed by atoms with Crippen LogP contribution >= 0.6 is 0 Å². The van der Waals surface area contributed by atoms with E-state index in [-0.39, 0.29) is 0 Å². The topological polar surface area (TPSA) is 42.3 Å². The van der Waals surface area contributed by atoms with Crippen molar-refractivity contribution in [2.24, 2.45) is 0 Å². The maximum Gasteiger partial charge on any atom is 0.304 e. The molecule has 0 bridgehead atoms.